The molecule has 1 atom stereocenters. The van der Waals surface area contributed by atoms with Gasteiger partial charge in [0.2, 0.25) is 10.0 Å². The smallest absolute Gasteiger partial charge is 0.213 e. The van der Waals surface area contributed by atoms with E-state index in [1.807, 2.05) is 0 Å². The van der Waals surface area contributed by atoms with Crippen LogP contribution in [0.2, 0.25) is 0 Å². The normalized spacial score (nSPS) is 21.4. The number of nitrogens with zero attached hydrogens (tertiary/aromatic N) is 2. The Morgan fingerprint density at radius 3 is 2.68 bits per heavy atom. The molecule has 1 saturated heterocycles. The zero-order valence-electron chi connectivity index (χ0n) is 12.6. The van der Waals surface area contributed by atoms with Crippen LogP contribution in [-0.4, -0.2) is 70.2 Å². The number of nitrogens with one attached hydrogen (secondary N) is 1. The van der Waals surface area contributed by atoms with Crippen LogP contribution in [0.5, 0.6) is 0 Å². The predicted molar refractivity (Wildman–Crippen MR) is 79.8 cm³/mol. The van der Waals surface area contributed by atoms with Gasteiger partial charge in [-0.05, 0) is 51.9 Å². The molecule has 1 unspecified atom stereocenters. The summed E-state index contributed by atoms with van der Waals surface area (Å²) in [5.41, 5.74) is 0. The van der Waals surface area contributed by atoms with Crippen molar-refractivity contribution in [3.63, 3.8) is 0 Å². The summed E-state index contributed by atoms with van der Waals surface area (Å²) in [5, 5.41) is 3.24. The molecule has 0 aromatic carbocycles. The largest absolute Gasteiger partial charge is 0.317 e. The fraction of sp³-hybridized carbons (Fsp3) is 1.00. The molecule has 1 N–H and O–H groups in total. The summed E-state index contributed by atoms with van der Waals surface area (Å²) in [6.07, 6.45) is 2.88. The van der Waals surface area contributed by atoms with Crippen molar-refractivity contribution < 1.29 is 8.42 Å². The molecule has 19 heavy (non-hydrogen) atoms. The third-order valence-electron chi connectivity index (χ3n) is 3.66. The lowest BCUT2D eigenvalue weighted by Gasteiger charge is -2.21. The fourth-order valence-corrected chi connectivity index (χ4v) is 3.75. The van der Waals surface area contributed by atoms with E-state index in [4.69, 9.17) is 0 Å². The van der Waals surface area contributed by atoms with Gasteiger partial charge in [0, 0.05) is 20.1 Å². The second-order valence-electron chi connectivity index (χ2n) is 5.62. The number of rotatable bonds is 9. The summed E-state index contributed by atoms with van der Waals surface area (Å²) in [7, 11) is 0.729. The van der Waals surface area contributed by atoms with E-state index in [0.717, 1.165) is 39.0 Å². The maximum absolute atomic E-state index is 12.1. The highest BCUT2D eigenvalue weighted by molar-refractivity contribution is 7.89. The third-order valence-corrected chi connectivity index (χ3v) is 5.57. The van der Waals surface area contributed by atoms with Gasteiger partial charge in [-0.1, -0.05) is 6.92 Å². The summed E-state index contributed by atoms with van der Waals surface area (Å²) in [6, 6.07) is 0. The first kappa shape index (κ1) is 16.9. The van der Waals surface area contributed by atoms with Gasteiger partial charge in [0.25, 0.3) is 0 Å². The molecule has 0 aromatic heterocycles. The minimum Gasteiger partial charge on any atom is -0.317 e. The quantitative estimate of drug-likeness (QED) is 0.632. The summed E-state index contributed by atoms with van der Waals surface area (Å²) in [5.74, 6) is 0.742. The molecule has 0 saturated carbocycles. The Labute approximate surface area is 118 Å². The summed E-state index contributed by atoms with van der Waals surface area (Å²) in [6.45, 7) is 6.61. The Bertz CT molecular complexity index is 346. The summed E-state index contributed by atoms with van der Waals surface area (Å²) < 4.78 is 25.8. The van der Waals surface area contributed by atoms with E-state index < -0.39 is 10.0 Å². The van der Waals surface area contributed by atoms with Crippen LogP contribution in [0.25, 0.3) is 0 Å². The van der Waals surface area contributed by atoms with Gasteiger partial charge in [-0.2, -0.15) is 0 Å². The van der Waals surface area contributed by atoms with Gasteiger partial charge < -0.3 is 10.2 Å². The van der Waals surface area contributed by atoms with Crippen molar-refractivity contribution in [2.24, 2.45) is 5.92 Å². The summed E-state index contributed by atoms with van der Waals surface area (Å²) in [4.78, 5) is 2.26. The van der Waals surface area contributed by atoms with Gasteiger partial charge >= 0.3 is 0 Å². The Kier molecular flexibility index (Phi) is 7.28. The van der Waals surface area contributed by atoms with Crippen LogP contribution in [0.15, 0.2) is 0 Å². The standard InChI is InChI=1S/C13H29N3O2S/c1-4-7-14-8-5-10-19(17,18)16(3)12-13-6-9-15(2)11-13/h13-14H,4-12H2,1-3H3. The molecule has 0 bridgehead atoms. The minimum atomic E-state index is -3.08. The Hall–Kier alpha value is -0.170. The second kappa shape index (κ2) is 8.19. The zero-order chi connectivity index (χ0) is 14.3. The summed E-state index contributed by atoms with van der Waals surface area (Å²) >= 11 is 0. The molecule has 1 heterocycles. The lowest BCUT2D eigenvalue weighted by molar-refractivity contribution is 0.356. The van der Waals surface area contributed by atoms with Crippen LogP contribution in [0, 0.1) is 5.92 Å². The maximum Gasteiger partial charge on any atom is 0.213 e. The first-order valence-electron chi connectivity index (χ1n) is 7.29. The topological polar surface area (TPSA) is 52.7 Å². The molecule has 0 aliphatic carbocycles. The molecule has 1 rings (SSSR count). The van der Waals surface area contributed by atoms with E-state index in [1.54, 1.807) is 11.4 Å². The molecule has 1 aliphatic rings. The Morgan fingerprint density at radius 1 is 1.37 bits per heavy atom. The van der Waals surface area contributed by atoms with Gasteiger partial charge in [0.15, 0.2) is 0 Å². The highest BCUT2D eigenvalue weighted by Gasteiger charge is 2.25. The van der Waals surface area contributed by atoms with Gasteiger partial charge in [-0.3, -0.25) is 0 Å². The van der Waals surface area contributed by atoms with E-state index >= 15 is 0 Å². The third kappa shape index (κ3) is 6.21. The van der Waals surface area contributed by atoms with Gasteiger partial charge in [-0.15, -0.1) is 0 Å². The minimum absolute atomic E-state index is 0.253. The number of hydrogen-bond donors (Lipinski definition) is 1. The highest BCUT2D eigenvalue weighted by atomic mass is 32.2. The second-order valence-corrected chi connectivity index (χ2v) is 7.81. The van der Waals surface area contributed by atoms with Crippen LogP contribution >= 0.6 is 0 Å². The molecule has 0 aromatic rings. The van der Waals surface area contributed by atoms with E-state index in [0.29, 0.717) is 18.9 Å². The number of sulfonamides is 1. The number of hydrogen-bond acceptors (Lipinski definition) is 4. The van der Waals surface area contributed by atoms with Crippen LogP contribution in [0.3, 0.4) is 0 Å². The molecule has 5 nitrogen and oxygen atoms in total. The monoisotopic (exact) mass is 291 g/mol. The van der Waals surface area contributed by atoms with E-state index in [1.165, 1.54) is 0 Å². The zero-order valence-corrected chi connectivity index (χ0v) is 13.4. The maximum atomic E-state index is 12.1. The van der Waals surface area contributed by atoms with Gasteiger partial charge in [0.05, 0.1) is 5.75 Å². The Morgan fingerprint density at radius 2 is 2.11 bits per heavy atom. The molecular weight excluding hydrogens is 262 g/mol. The SMILES string of the molecule is CCCNCCCS(=O)(=O)N(C)CC1CCN(C)C1. The highest BCUT2D eigenvalue weighted by Crippen LogP contribution is 2.16. The van der Waals surface area contributed by atoms with Crippen molar-refractivity contribution in [1.29, 1.82) is 0 Å². The molecule has 0 radical (unpaired) electrons. The van der Waals surface area contributed by atoms with Gasteiger partial charge in [0.1, 0.15) is 0 Å². The van der Waals surface area contributed by atoms with Crippen LogP contribution < -0.4 is 5.32 Å². The molecule has 1 fully saturated rings. The van der Waals surface area contributed by atoms with E-state index in [-0.39, 0.29) is 5.75 Å². The van der Waals surface area contributed by atoms with Crippen molar-refractivity contribution in [2.75, 3.05) is 52.6 Å². The molecule has 0 amide bonds. The molecule has 1 aliphatic heterocycles. The lowest BCUT2D eigenvalue weighted by Crippen LogP contribution is -2.35. The molecule has 0 spiro atoms. The van der Waals surface area contributed by atoms with E-state index in [9.17, 15) is 8.42 Å². The van der Waals surface area contributed by atoms with Crippen LogP contribution in [0.1, 0.15) is 26.2 Å². The van der Waals surface area contributed by atoms with Crippen molar-refractivity contribution in [3.8, 4) is 0 Å². The molecule has 114 valence electrons. The van der Waals surface area contributed by atoms with Crippen molar-refractivity contribution in [3.05, 3.63) is 0 Å². The van der Waals surface area contributed by atoms with Crippen LogP contribution in [0.4, 0.5) is 0 Å². The first-order valence-corrected chi connectivity index (χ1v) is 8.90. The average Bonchev–Trinajstić information content (AvgIpc) is 2.74. The Balaban J connectivity index is 2.26. The van der Waals surface area contributed by atoms with Gasteiger partial charge in [-0.25, -0.2) is 12.7 Å². The average molecular weight is 291 g/mol. The predicted octanol–water partition coefficient (Wildman–Crippen LogP) is 0.589. The molecule has 6 heteroatoms. The van der Waals surface area contributed by atoms with Crippen molar-refractivity contribution >= 4 is 10.0 Å². The fourth-order valence-electron chi connectivity index (χ4n) is 2.49. The lowest BCUT2D eigenvalue weighted by atomic mass is 10.1. The van der Waals surface area contributed by atoms with Crippen molar-refractivity contribution in [2.45, 2.75) is 26.2 Å². The molecular formula is C13H29N3O2S. The van der Waals surface area contributed by atoms with E-state index in [2.05, 4.69) is 24.2 Å². The number of likely N-dealkylation sites (tertiary alicyclic amines) is 1. The first-order chi connectivity index (χ1) is 8.95. The van der Waals surface area contributed by atoms with Crippen molar-refractivity contribution in [1.82, 2.24) is 14.5 Å². The van der Waals surface area contributed by atoms with Crippen LogP contribution in [-0.2, 0) is 10.0 Å².